The number of hydrogen-bond donors (Lipinski definition) is 1. The molecule has 2 aromatic rings. The Labute approximate surface area is 98.1 Å². The third kappa shape index (κ3) is 2.39. The SMILES string of the molecule is Cn1cccc1C(=O)C(=O)Nc1cccnc1. The molecular formula is C12H11N3O2. The number of aromatic nitrogens is 2. The molecule has 0 aliphatic carbocycles. The highest BCUT2D eigenvalue weighted by atomic mass is 16.2. The maximum absolute atomic E-state index is 11.8. The van der Waals surface area contributed by atoms with E-state index in [1.165, 1.54) is 6.20 Å². The molecule has 1 N–H and O–H groups in total. The average Bonchev–Trinajstić information content (AvgIpc) is 2.76. The van der Waals surface area contributed by atoms with Crippen LogP contribution in [-0.4, -0.2) is 21.2 Å². The highest BCUT2D eigenvalue weighted by molar-refractivity contribution is 6.46. The second kappa shape index (κ2) is 4.61. The molecule has 86 valence electrons. The molecule has 0 aliphatic rings. The van der Waals surface area contributed by atoms with Crippen LogP contribution >= 0.6 is 0 Å². The van der Waals surface area contributed by atoms with Gasteiger partial charge in [0.1, 0.15) is 0 Å². The number of carbonyl (C=O) groups is 2. The molecule has 0 saturated carbocycles. The maximum atomic E-state index is 11.8. The normalized spacial score (nSPS) is 9.94. The zero-order valence-corrected chi connectivity index (χ0v) is 9.25. The van der Waals surface area contributed by atoms with E-state index in [9.17, 15) is 9.59 Å². The van der Waals surface area contributed by atoms with Gasteiger partial charge in [-0.05, 0) is 24.3 Å². The lowest BCUT2D eigenvalue weighted by molar-refractivity contribution is -0.112. The first-order valence-electron chi connectivity index (χ1n) is 5.05. The first-order chi connectivity index (χ1) is 8.18. The molecule has 0 aromatic carbocycles. The summed E-state index contributed by atoms with van der Waals surface area (Å²) in [7, 11) is 1.71. The fourth-order valence-corrected chi connectivity index (χ4v) is 1.44. The maximum Gasteiger partial charge on any atom is 0.298 e. The van der Waals surface area contributed by atoms with E-state index in [2.05, 4.69) is 10.3 Å². The minimum absolute atomic E-state index is 0.353. The third-order valence-electron chi connectivity index (χ3n) is 2.30. The van der Waals surface area contributed by atoms with E-state index in [-0.39, 0.29) is 0 Å². The Kier molecular flexibility index (Phi) is 3.00. The summed E-state index contributed by atoms with van der Waals surface area (Å²) < 4.78 is 1.60. The summed E-state index contributed by atoms with van der Waals surface area (Å²) >= 11 is 0. The van der Waals surface area contributed by atoms with Crippen molar-refractivity contribution >= 4 is 17.4 Å². The number of anilines is 1. The van der Waals surface area contributed by atoms with Crippen molar-refractivity contribution in [1.29, 1.82) is 0 Å². The Morgan fingerprint density at radius 3 is 2.71 bits per heavy atom. The molecular weight excluding hydrogens is 218 g/mol. The quantitative estimate of drug-likeness (QED) is 0.636. The number of aryl methyl sites for hydroxylation is 1. The predicted octanol–water partition coefficient (Wildman–Crippen LogP) is 1.24. The van der Waals surface area contributed by atoms with Gasteiger partial charge in [0.25, 0.3) is 11.7 Å². The monoisotopic (exact) mass is 229 g/mol. The lowest BCUT2D eigenvalue weighted by atomic mass is 10.2. The van der Waals surface area contributed by atoms with Crippen LogP contribution in [0.5, 0.6) is 0 Å². The van der Waals surface area contributed by atoms with Gasteiger partial charge >= 0.3 is 0 Å². The van der Waals surface area contributed by atoms with Crippen LogP contribution in [0.25, 0.3) is 0 Å². The van der Waals surface area contributed by atoms with E-state index in [1.807, 2.05) is 0 Å². The topological polar surface area (TPSA) is 64.0 Å². The van der Waals surface area contributed by atoms with Crippen LogP contribution in [0, 0.1) is 0 Å². The number of rotatable bonds is 3. The molecule has 17 heavy (non-hydrogen) atoms. The highest BCUT2D eigenvalue weighted by Gasteiger charge is 2.18. The van der Waals surface area contributed by atoms with Gasteiger partial charge in [-0.3, -0.25) is 14.6 Å². The molecule has 0 atom stereocenters. The summed E-state index contributed by atoms with van der Waals surface area (Å²) in [6, 6.07) is 6.67. The van der Waals surface area contributed by atoms with Gasteiger partial charge in [-0.1, -0.05) is 0 Å². The zero-order valence-electron chi connectivity index (χ0n) is 9.25. The lowest BCUT2D eigenvalue weighted by Gasteiger charge is -2.04. The minimum Gasteiger partial charge on any atom is -0.348 e. The molecule has 5 nitrogen and oxygen atoms in total. The number of ketones is 1. The van der Waals surface area contributed by atoms with Crippen molar-refractivity contribution < 1.29 is 9.59 Å². The number of nitrogens with zero attached hydrogens (tertiary/aromatic N) is 2. The summed E-state index contributed by atoms with van der Waals surface area (Å²) in [5.74, 6) is -1.24. The lowest BCUT2D eigenvalue weighted by Crippen LogP contribution is -2.24. The number of amides is 1. The van der Waals surface area contributed by atoms with E-state index >= 15 is 0 Å². The first kappa shape index (κ1) is 11.1. The van der Waals surface area contributed by atoms with Crippen molar-refractivity contribution in [2.75, 3.05) is 5.32 Å². The molecule has 0 aliphatic heterocycles. The Morgan fingerprint density at radius 2 is 2.12 bits per heavy atom. The van der Waals surface area contributed by atoms with Crippen LogP contribution in [0.1, 0.15) is 10.5 Å². The summed E-state index contributed by atoms with van der Waals surface area (Å²) in [6.45, 7) is 0. The summed E-state index contributed by atoms with van der Waals surface area (Å²) in [4.78, 5) is 27.3. The van der Waals surface area contributed by atoms with Gasteiger partial charge in [0.05, 0.1) is 17.6 Å². The highest BCUT2D eigenvalue weighted by Crippen LogP contribution is 2.06. The van der Waals surface area contributed by atoms with Gasteiger partial charge in [0.15, 0.2) is 0 Å². The molecule has 0 fully saturated rings. The van der Waals surface area contributed by atoms with E-state index in [0.717, 1.165) is 0 Å². The molecule has 1 amide bonds. The Hall–Kier alpha value is -2.43. The summed E-state index contributed by atoms with van der Waals surface area (Å²) in [5, 5.41) is 2.49. The number of nitrogens with one attached hydrogen (secondary N) is 1. The standard InChI is InChI=1S/C12H11N3O2/c1-15-7-3-5-10(15)11(16)12(17)14-9-4-2-6-13-8-9/h2-8H,1H3,(H,14,17). The van der Waals surface area contributed by atoms with Crippen LogP contribution in [0.3, 0.4) is 0 Å². The van der Waals surface area contributed by atoms with Crippen molar-refractivity contribution in [3.8, 4) is 0 Å². The third-order valence-corrected chi connectivity index (χ3v) is 2.30. The number of hydrogen-bond acceptors (Lipinski definition) is 3. The number of carbonyl (C=O) groups excluding carboxylic acids is 2. The van der Waals surface area contributed by atoms with Gasteiger partial charge in [0.2, 0.25) is 0 Å². The Balaban J connectivity index is 2.12. The van der Waals surface area contributed by atoms with Crippen molar-refractivity contribution in [1.82, 2.24) is 9.55 Å². The first-order valence-corrected chi connectivity index (χ1v) is 5.05. The molecule has 0 bridgehead atoms. The minimum atomic E-state index is -0.667. The van der Waals surface area contributed by atoms with Crippen molar-refractivity contribution in [3.05, 3.63) is 48.5 Å². The molecule has 0 spiro atoms. The molecule has 0 unspecified atom stereocenters. The smallest absolute Gasteiger partial charge is 0.298 e. The van der Waals surface area contributed by atoms with Gasteiger partial charge in [-0.25, -0.2) is 0 Å². The average molecular weight is 229 g/mol. The Bertz CT molecular complexity index is 546. The van der Waals surface area contributed by atoms with Crippen molar-refractivity contribution in [3.63, 3.8) is 0 Å². The number of pyridine rings is 1. The van der Waals surface area contributed by atoms with Gasteiger partial charge < -0.3 is 9.88 Å². The van der Waals surface area contributed by atoms with Crippen LogP contribution in [0.4, 0.5) is 5.69 Å². The molecule has 2 aromatic heterocycles. The van der Waals surface area contributed by atoms with E-state index < -0.39 is 11.7 Å². The van der Waals surface area contributed by atoms with Crippen molar-refractivity contribution in [2.45, 2.75) is 0 Å². The van der Waals surface area contributed by atoms with Gasteiger partial charge in [-0.15, -0.1) is 0 Å². The predicted molar refractivity (Wildman–Crippen MR) is 62.6 cm³/mol. The second-order valence-corrected chi connectivity index (χ2v) is 3.53. The molecule has 0 radical (unpaired) electrons. The molecule has 0 saturated heterocycles. The van der Waals surface area contributed by atoms with Crippen LogP contribution < -0.4 is 5.32 Å². The zero-order chi connectivity index (χ0) is 12.3. The molecule has 2 rings (SSSR count). The Morgan fingerprint density at radius 1 is 1.29 bits per heavy atom. The van der Waals surface area contributed by atoms with Gasteiger partial charge in [0, 0.05) is 19.4 Å². The van der Waals surface area contributed by atoms with Crippen LogP contribution in [0.15, 0.2) is 42.9 Å². The number of Topliss-reactive ketones (excluding diaryl/α,β-unsaturated/α-hetero) is 1. The van der Waals surface area contributed by atoms with E-state index in [0.29, 0.717) is 11.4 Å². The summed E-state index contributed by atoms with van der Waals surface area (Å²) in [5.41, 5.74) is 0.853. The van der Waals surface area contributed by atoms with E-state index in [1.54, 1.807) is 48.3 Å². The molecule has 5 heteroatoms. The van der Waals surface area contributed by atoms with Crippen LogP contribution in [-0.2, 0) is 11.8 Å². The fourth-order valence-electron chi connectivity index (χ4n) is 1.44. The second-order valence-electron chi connectivity index (χ2n) is 3.53. The largest absolute Gasteiger partial charge is 0.348 e. The van der Waals surface area contributed by atoms with E-state index in [4.69, 9.17) is 0 Å². The van der Waals surface area contributed by atoms with Crippen LogP contribution in [0.2, 0.25) is 0 Å². The summed E-state index contributed by atoms with van der Waals surface area (Å²) in [6.07, 6.45) is 4.79. The van der Waals surface area contributed by atoms with Crippen molar-refractivity contribution in [2.24, 2.45) is 7.05 Å². The van der Waals surface area contributed by atoms with Gasteiger partial charge in [-0.2, -0.15) is 0 Å². The molecule has 2 heterocycles. The fraction of sp³-hybridized carbons (Fsp3) is 0.0833.